The van der Waals surface area contributed by atoms with Gasteiger partial charge in [0.15, 0.2) is 0 Å². The first kappa shape index (κ1) is 13.9. The molecule has 0 N–H and O–H groups in total. The van der Waals surface area contributed by atoms with Crippen molar-refractivity contribution < 1.29 is 0 Å². The lowest BCUT2D eigenvalue weighted by molar-refractivity contribution is 0.351. The van der Waals surface area contributed by atoms with Crippen molar-refractivity contribution in [2.75, 3.05) is 0 Å². The van der Waals surface area contributed by atoms with E-state index in [0.29, 0.717) is 11.3 Å². The van der Waals surface area contributed by atoms with E-state index in [9.17, 15) is 0 Å². The van der Waals surface area contributed by atoms with Crippen LogP contribution < -0.4 is 0 Å². The molecular formula is C14H18BrClN2. The van der Waals surface area contributed by atoms with Crippen LogP contribution in [-0.4, -0.2) is 9.55 Å². The molecule has 0 fully saturated rings. The zero-order valence-electron chi connectivity index (χ0n) is 11.0. The van der Waals surface area contributed by atoms with Gasteiger partial charge in [0.05, 0.1) is 16.9 Å². The van der Waals surface area contributed by atoms with Crippen LogP contribution in [0.25, 0.3) is 11.0 Å². The highest BCUT2D eigenvalue weighted by Crippen LogP contribution is 2.25. The summed E-state index contributed by atoms with van der Waals surface area (Å²) in [5.74, 6) is 1.41. The lowest BCUT2D eigenvalue weighted by Gasteiger charge is -2.19. The van der Waals surface area contributed by atoms with Gasteiger partial charge in [-0.3, -0.25) is 0 Å². The van der Waals surface area contributed by atoms with E-state index in [2.05, 4.69) is 58.4 Å². The molecule has 0 saturated carbocycles. The summed E-state index contributed by atoms with van der Waals surface area (Å²) in [4.78, 5) is 4.59. The molecule has 0 amide bonds. The van der Waals surface area contributed by atoms with E-state index in [1.54, 1.807) is 0 Å². The molecule has 98 valence electrons. The standard InChI is InChI=1S/C14H18BrClN2/c1-14(2,3)6-7-18-12-5-4-10(15)8-11(12)17-13(18)9-16/h4-5,8H,6-7,9H2,1-3H3. The van der Waals surface area contributed by atoms with Crippen molar-refractivity contribution in [3.63, 3.8) is 0 Å². The van der Waals surface area contributed by atoms with Gasteiger partial charge in [0.25, 0.3) is 0 Å². The molecule has 0 spiro atoms. The average Bonchev–Trinajstić information content (AvgIpc) is 2.62. The molecule has 1 heterocycles. The number of rotatable bonds is 3. The van der Waals surface area contributed by atoms with Gasteiger partial charge < -0.3 is 4.57 Å². The van der Waals surface area contributed by atoms with Crippen LogP contribution in [0.1, 0.15) is 33.0 Å². The Hall–Kier alpha value is -0.540. The molecule has 0 aliphatic carbocycles. The van der Waals surface area contributed by atoms with Gasteiger partial charge in [-0.2, -0.15) is 0 Å². The van der Waals surface area contributed by atoms with E-state index in [1.165, 1.54) is 0 Å². The van der Waals surface area contributed by atoms with Crippen molar-refractivity contribution in [1.82, 2.24) is 9.55 Å². The van der Waals surface area contributed by atoms with Gasteiger partial charge in [-0.15, -0.1) is 11.6 Å². The molecule has 1 aromatic heterocycles. The molecule has 0 aliphatic heterocycles. The highest BCUT2D eigenvalue weighted by molar-refractivity contribution is 9.10. The predicted octanol–water partition coefficient (Wildman–Crippen LogP) is 4.97. The minimum absolute atomic E-state index is 0.315. The Balaban J connectivity index is 2.41. The number of nitrogens with zero attached hydrogens (tertiary/aromatic N) is 2. The number of alkyl halides is 1. The van der Waals surface area contributed by atoms with E-state index < -0.39 is 0 Å². The molecule has 0 saturated heterocycles. The van der Waals surface area contributed by atoms with E-state index in [0.717, 1.165) is 34.3 Å². The first-order chi connectivity index (χ1) is 8.40. The summed E-state index contributed by atoms with van der Waals surface area (Å²) in [6, 6.07) is 6.19. The molecule has 0 atom stereocenters. The normalized spacial score (nSPS) is 12.3. The molecule has 0 radical (unpaired) electrons. The lowest BCUT2D eigenvalue weighted by atomic mass is 9.92. The third kappa shape index (κ3) is 3.07. The van der Waals surface area contributed by atoms with E-state index in [1.807, 2.05) is 6.07 Å². The minimum Gasteiger partial charge on any atom is -0.327 e. The Morgan fingerprint density at radius 1 is 1.33 bits per heavy atom. The third-order valence-corrected chi connectivity index (χ3v) is 3.73. The highest BCUT2D eigenvalue weighted by Gasteiger charge is 2.14. The number of fused-ring (bicyclic) bond motifs is 1. The largest absolute Gasteiger partial charge is 0.327 e. The number of imidazole rings is 1. The molecule has 4 heteroatoms. The van der Waals surface area contributed by atoms with Crippen molar-refractivity contribution in [3.05, 3.63) is 28.5 Å². The summed E-state index contributed by atoms with van der Waals surface area (Å²) < 4.78 is 3.29. The maximum atomic E-state index is 6.00. The first-order valence-electron chi connectivity index (χ1n) is 6.11. The zero-order valence-corrected chi connectivity index (χ0v) is 13.3. The fraction of sp³-hybridized carbons (Fsp3) is 0.500. The van der Waals surface area contributed by atoms with Crippen molar-refractivity contribution in [3.8, 4) is 0 Å². The van der Waals surface area contributed by atoms with Gasteiger partial charge in [0.1, 0.15) is 5.82 Å². The number of aryl methyl sites for hydroxylation is 1. The summed E-state index contributed by atoms with van der Waals surface area (Å²) in [7, 11) is 0. The smallest absolute Gasteiger partial charge is 0.124 e. The molecule has 1 aromatic carbocycles. The maximum Gasteiger partial charge on any atom is 0.124 e. The summed E-state index contributed by atoms with van der Waals surface area (Å²) in [5.41, 5.74) is 2.49. The minimum atomic E-state index is 0.315. The fourth-order valence-corrected chi connectivity index (χ4v) is 2.50. The van der Waals surface area contributed by atoms with Gasteiger partial charge >= 0.3 is 0 Å². The van der Waals surface area contributed by atoms with Crippen LogP contribution in [0.15, 0.2) is 22.7 Å². The van der Waals surface area contributed by atoms with Gasteiger partial charge in [0, 0.05) is 11.0 Å². The molecule has 2 rings (SSSR count). The number of halogens is 2. The summed E-state index contributed by atoms with van der Waals surface area (Å²) in [5, 5.41) is 0. The van der Waals surface area contributed by atoms with E-state index in [-0.39, 0.29) is 0 Å². The number of benzene rings is 1. The first-order valence-corrected chi connectivity index (χ1v) is 7.44. The molecule has 0 aliphatic rings. The predicted molar refractivity (Wildman–Crippen MR) is 81.1 cm³/mol. The summed E-state index contributed by atoms with van der Waals surface area (Å²) in [6.07, 6.45) is 1.11. The van der Waals surface area contributed by atoms with Crippen molar-refractivity contribution >= 4 is 38.6 Å². The highest BCUT2D eigenvalue weighted by atomic mass is 79.9. The van der Waals surface area contributed by atoms with Crippen molar-refractivity contribution in [1.29, 1.82) is 0 Å². The molecular weight excluding hydrogens is 312 g/mol. The second-order valence-electron chi connectivity index (χ2n) is 5.76. The van der Waals surface area contributed by atoms with Crippen molar-refractivity contribution in [2.45, 2.75) is 39.6 Å². The fourth-order valence-electron chi connectivity index (χ4n) is 1.95. The Kier molecular flexibility index (Phi) is 4.02. The Labute approximate surface area is 121 Å². The van der Waals surface area contributed by atoms with Crippen LogP contribution in [0, 0.1) is 5.41 Å². The second kappa shape index (κ2) is 5.22. The average molecular weight is 330 g/mol. The number of hydrogen-bond acceptors (Lipinski definition) is 1. The molecule has 18 heavy (non-hydrogen) atoms. The molecule has 2 aromatic rings. The Morgan fingerprint density at radius 2 is 2.06 bits per heavy atom. The van der Waals surface area contributed by atoms with Crippen LogP contribution >= 0.6 is 27.5 Å². The topological polar surface area (TPSA) is 17.8 Å². The molecule has 0 unspecified atom stereocenters. The third-order valence-electron chi connectivity index (χ3n) is 2.99. The Bertz CT molecular complexity index is 555. The van der Waals surface area contributed by atoms with Crippen LogP contribution in [0.3, 0.4) is 0 Å². The SMILES string of the molecule is CC(C)(C)CCn1c(CCl)nc2cc(Br)ccc21. The van der Waals surface area contributed by atoms with E-state index >= 15 is 0 Å². The number of aromatic nitrogens is 2. The molecule has 2 nitrogen and oxygen atoms in total. The van der Waals surface area contributed by atoms with Crippen LogP contribution in [-0.2, 0) is 12.4 Å². The zero-order chi connectivity index (χ0) is 13.3. The van der Waals surface area contributed by atoms with Crippen molar-refractivity contribution in [2.24, 2.45) is 5.41 Å². The summed E-state index contributed by atoms with van der Waals surface area (Å²) >= 11 is 9.47. The van der Waals surface area contributed by atoms with Gasteiger partial charge in [-0.1, -0.05) is 36.7 Å². The van der Waals surface area contributed by atoms with Gasteiger partial charge in [-0.05, 0) is 30.0 Å². The number of hydrogen-bond donors (Lipinski definition) is 0. The second-order valence-corrected chi connectivity index (χ2v) is 6.94. The quantitative estimate of drug-likeness (QED) is 0.727. The lowest BCUT2D eigenvalue weighted by Crippen LogP contribution is -2.11. The van der Waals surface area contributed by atoms with Crippen LogP contribution in [0.2, 0.25) is 0 Å². The van der Waals surface area contributed by atoms with Crippen LogP contribution in [0.5, 0.6) is 0 Å². The summed E-state index contributed by atoms with van der Waals surface area (Å²) in [6.45, 7) is 7.72. The van der Waals surface area contributed by atoms with E-state index in [4.69, 9.17) is 11.6 Å². The monoisotopic (exact) mass is 328 g/mol. The Morgan fingerprint density at radius 3 is 2.67 bits per heavy atom. The van der Waals surface area contributed by atoms with Gasteiger partial charge in [-0.25, -0.2) is 4.98 Å². The molecule has 0 bridgehead atoms. The van der Waals surface area contributed by atoms with Crippen LogP contribution in [0.4, 0.5) is 0 Å². The maximum absolute atomic E-state index is 6.00. The van der Waals surface area contributed by atoms with Gasteiger partial charge in [0.2, 0.25) is 0 Å².